The van der Waals surface area contributed by atoms with Gasteiger partial charge in [0.05, 0.1) is 5.92 Å². The fourth-order valence-corrected chi connectivity index (χ4v) is 2.03. The van der Waals surface area contributed by atoms with Crippen LogP contribution in [0.1, 0.15) is 50.2 Å². The molecule has 1 amide bonds. The Morgan fingerprint density at radius 3 is 2.22 bits per heavy atom. The Labute approximate surface area is 110 Å². The number of amides is 1. The molecule has 18 heavy (non-hydrogen) atoms. The lowest BCUT2D eigenvalue weighted by Crippen LogP contribution is -2.30. The summed E-state index contributed by atoms with van der Waals surface area (Å²) in [6, 6.07) is 8.29. The third-order valence-electron chi connectivity index (χ3n) is 3.13. The molecule has 0 fully saturated rings. The van der Waals surface area contributed by atoms with Crippen LogP contribution >= 0.6 is 0 Å². The topological polar surface area (TPSA) is 55.1 Å². The van der Waals surface area contributed by atoms with Crippen molar-refractivity contribution < 1.29 is 4.79 Å². The van der Waals surface area contributed by atoms with Gasteiger partial charge in [0, 0.05) is 6.54 Å². The smallest absolute Gasteiger partial charge is 0.227 e. The summed E-state index contributed by atoms with van der Waals surface area (Å²) in [5.41, 5.74) is 7.94. The van der Waals surface area contributed by atoms with Crippen molar-refractivity contribution in [2.75, 3.05) is 13.1 Å². The van der Waals surface area contributed by atoms with Crippen molar-refractivity contribution in [2.24, 2.45) is 5.73 Å². The van der Waals surface area contributed by atoms with E-state index in [2.05, 4.69) is 31.3 Å². The molecular weight excluding hydrogens is 224 g/mol. The van der Waals surface area contributed by atoms with Crippen molar-refractivity contribution >= 4 is 5.91 Å². The standard InChI is InChI=1S/C15H24N2O/c1-4-17-15(18)14(9-10-16)13-7-5-12(6-8-13)11(2)3/h5-8,11,14H,4,9-10,16H2,1-3H3,(H,17,18). The second-order valence-electron chi connectivity index (χ2n) is 4.85. The highest BCUT2D eigenvalue weighted by atomic mass is 16.1. The SMILES string of the molecule is CCNC(=O)C(CCN)c1ccc(C(C)C)cc1. The number of nitrogens with two attached hydrogens (primary N) is 1. The first-order valence-electron chi connectivity index (χ1n) is 6.67. The number of nitrogens with one attached hydrogen (secondary N) is 1. The van der Waals surface area contributed by atoms with Crippen molar-refractivity contribution in [1.29, 1.82) is 0 Å². The second kappa shape index (κ2) is 7.17. The van der Waals surface area contributed by atoms with Crippen LogP contribution in [-0.4, -0.2) is 19.0 Å². The predicted molar refractivity (Wildman–Crippen MR) is 75.6 cm³/mol. The van der Waals surface area contributed by atoms with Crippen molar-refractivity contribution in [3.63, 3.8) is 0 Å². The van der Waals surface area contributed by atoms with E-state index in [1.807, 2.05) is 19.1 Å². The third kappa shape index (κ3) is 3.84. The van der Waals surface area contributed by atoms with Crippen molar-refractivity contribution in [3.8, 4) is 0 Å². The fourth-order valence-electron chi connectivity index (χ4n) is 2.03. The highest BCUT2D eigenvalue weighted by molar-refractivity contribution is 5.83. The number of hydrogen-bond acceptors (Lipinski definition) is 2. The molecule has 1 rings (SSSR count). The fraction of sp³-hybridized carbons (Fsp3) is 0.533. The van der Waals surface area contributed by atoms with E-state index in [1.165, 1.54) is 5.56 Å². The van der Waals surface area contributed by atoms with Crippen molar-refractivity contribution in [3.05, 3.63) is 35.4 Å². The third-order valence-corrected chi connectivity index (χ3v) is 3.13. The molecule has 1 unspecified atom stereocenters. The second-order valence-corrected chi connectivity index (χ2v) is 4.85. The molecule has 0 heterocycles. The van der Waals surface area contributed by atoms with Crippen LogP contribution in [0.25, 0.3) is 0 Å². The average molecular weight is 248 g/mol. The molecule has 1 aromatic rings. The molecule has 0 saturated carbocycles. The normalized spacial score (nSPS) is 12.5. The highest BCUT2D eigenvalue weighted by Crippen LogP contribution is 2.22. The van der Waals surface area contributed by atoms with E-state index < -0.39 is 0 Å². The van der Waals surface area contributed by atoms with Crippen LogP contribution in [0.2, 0.25) is 0 Å². The molecule has 0 aliphatic rings. The Morgan fingerprint density at radius 2 is 1.78 bits per heavy atom. The first-order valence-corrected chi connectivity index (χ1v) is 6.67. The minimum atomic E-state index is -0.129. The number of carbonyl (C=O) groups excluding carboxylic acids is 1. The van der Waals surface area contributed by atoms with Gasteiger partial charge in [-0.25, -0.2) is 0 Å². The summed E-state index contributed by atoms with van der Waals surface area (Å²) in [6.45, 7) is 7.43. The molecule has 0 spiro atoms. The maximum Gasteiger partial charge on any atom is 0.227 e. The minimum Gasteiger partial charge on any atom is -0.356 e. The zero-order valence-corrected chi connectivity index (χ0v) is 11.6. The van der Waals surface area contributed by atoms with Gasteiger partial charge in [-0.3, -0.25) is 4.79 Å². The maximum atomic E-state index is 12.0. The van der Waals surface area contributed by atoms with E-state index in [0.29, 0.717) is 25.4 Å². The monoisotopic (exact) mass is 248 g/mol. The zero-order valence-electron chi connectivity index (χ0n) is 11.6. The van der Waals surface area contributed by atoms with E-state index in [0.717, 1.165) is 5.56 Å². The van der Waals surface area contributed by atoms with Gasteiger partial charge in [0.1, 0.15) is 0 Å². The summed E-state index contributed by atoms with van der Waals surface area (Å²) < 4.78 is 0. The molecule has 3 nitrogen and oxygen atoms in total. The van der Waals surface area contributed by atoms with Gasteiger partial charge in [-0.2, -0.15) is 0 Å². The lowest BCUT2D eigenvalue weighted by atomic mass is 9.92. The quantitative estimate of drug-likeness (QED) is 0.812. The van der Waals surface area contributed by atoms with Crippen LogP contribution < -0.4 is 11.1 Å². The molecule has 0 aliphatic carbocycles. The van der Waals surface area contributed by atoms with Gasteiger partial charge >= 0.3 is 0 Å². The molecule has 0 bridgehead atoms. The number of carbonyl (C=O) groups is 1. The summed E-state index contributed by atoms with van der Waals surface area (Å²) >= 11 is 0. The number of likely N-dealkylation sites (N-methyl/N-ethyl adjacent to an activating group) is 1. The molecule has 1 atom stereocenters. The molecule has 100 valence electrons. The van der Waals surface area contributed by atoms with Crippen molar-refractivity contribution in [2.45, 2.75) is 39.0 Å². The summed E-state index contributed by atoms with van der Waals surface area (Å²) in [7, 11) is 0. The van der Waals surface area contributed by atoms with Gasteiger partial charge in [0.15, 0.2) is 0 Å². The van der Waals surface area contributed by atoms with Gasteiger partial charge < -0.3 is 11.1 Å². The zero-order chi connectivity index (χ0) is 13.5. The molecular formula is C15H24N2O. The predicted octanol–water partition coefficient (Wildman–Crippen LogP) is 2.38. The van der Waals surface area contributed by atoms with E-state index >= 15 is 0 Å². The Balaban J connectivity index is 2.88. The Morgan fingerprint density at radius 1 is 1.22 bits per heavy atom. The molecule has 0 aliphatic heterocycles. The summed E-state index contributed by atoms with van der Waals surface area (Å²) in [5, 5.41) is 2.87. The minimum absolute atomic E-state index is 0.0697. The van der Waals surface area contributed by atoms with Crippen LogP contribution in [0.4, 0.5) is 0 Å². The maximum absolute atomic E-state index is 12.0. The first-order chi connectivity index (χ1) is 8.60. The van der Waals surface area contributed by atoms with Gasteiger partial charge in [-0.1, -0.05) is 38.1 Å². The van der Waals surface area contributed by atoms with Crippen LogP contribution in [0.5, 0.6) is 0 Å². The van der Waals surface area contributed by atoms with E-state index in [1.54, 1.807) is 0 Å². The molecule has 3 N–H and O–H groups in total. The van der Waals surface area contributed by atoms with Crippen LogP contribution in [0, 0.1) is 0 Å². The number of rotatable bonds is 6. The van der Waals surface area contributed by atoms with Gasteiger partial charge in [-0.15, -0.1) is 0 Å². The number of benzene rings is 1. The van der Waals surface area contributed by atoms with Gasteiger partial charge in [0.2, 0.25) is 5.91 Å². The molecule has 0 aromatic heterocycles. The van der Waals surface area contributed by atoms with Crippen LogP contribution in [-0.2, 0) is 4.79 Å². The summed E-state index contributed by atoms with van der Waals surface area (Å²) in [5.74, 6) is 0.452. The molecule has 0 radical (unpaired) electrons. The lowest BCUT2D eigenvalue weighted by molar-refractivity contribution is -0.122. The average Bonchev–Trinajstić information content (AvgIpc) is 2.36. The number of hydrogen-bond donors (Lipinski definition) is 2. The van der Waals surface area contributed by atoms with Crippen LogP contribution in [0.15, 0.2) is 24.3 Å². The Bertz CT molecular complexity index is 371. The summed E-state index contributed by atoms with van der Waals surface area (Å²) in [4.78, 5) is 12.0. The molecule has 3 heteroatoms. The van der Waals surface area contributed by atoms with Gasteiger partial charge in [-0.05, 0) is 36.9 Å². The Hall–Kier alpha value is -1.35. The van der Waals surface area contributed by atoms with Gasteiger partial charge in [0.25, 0.3) is 0 Å². The molecule has 1 aromatic carbocycles. The van der Waals surface area contributed by atoms with Crippen LogP contribution in [0.3, 0.4) is 0 Å². The lowest BCUT2D eigenvalue weighted by Gasteiger charge is -2.16. The Kier molecular flexibility index (Phi) is 5.86. The van der Waals surface area contributed by atoms with E-state index in [9.17, 15) is 4.79 Å². The van der Waals surface area contributed by atoms with E-state index in [-0.39, 0.29) is 11.8 Å². The first kappa shape index (κ1) is 14.7. The molecule has 0 saturated heterocycles. The van der Waals surface area contributed by atoms with E-state index in [4.69, 9.17) is 5.73 Å². The highest BCUT2D eigenvalue weighted by Gasteiger charge is 2.19. The summed E-state index contributed by atoms with van der Waals surface area (Å²) in [6.07, 6.45) is 0.687. The van der Waals surface area contributed by atoms with Crippen molar-refractivity contribution in [1.82, 2.24) is 5.32 Å². The largest absolute Gasteiger partial charge is 0.356 e.